The van der Waals surface area contributed by atoms with Crippen molar-refractivity contribution in [1.82, 2.24) is 4.72 Å². The van der Waals surface area contributed by atoms with E-state index in [4.69, 9.17) is 0 Å². The monoisotopic (exact) mass is 285 g/mol. The smallest absolute Gasteiger partial charge is 0.337 e. The molecule has 0 spiro atoms. The number of nitrogens with one attached hydrogen (secondary N) is 1. The number of aryl methyl sites for hydroxylation is 1. The summed E-state index contributed by atoms with van der Waals surface area (Å²) in [7, 11) is -2.42. The number of ether oxygens (including phenoxy) is 1. The second-order valence-electron chi connectivity index (χ2n) is 5.33. The molecule has 0 bridgehead atoms. The molecule has 0 aliphatic heterocycles. The van der Waals surface area contributed by atoms with Gasteiger partial charge in [0.2, 0.25) is 10.0 Å². The van der Waals surface area contributed by atoms with Crippen LogP contribution in [-0.2, 0) is 14.8 Å². The maximum absolute atomic E-state index is 12.3. The third-order valence-corrected chi connectivity index (χ3v) is 4.24. The van der Waals surface area contributed by atoms with E-state index in [-0.39, 0.29) is 10.5 Å². The number of carbonyl (C=O) groups excluding carboxylic acids is 1. The van der Waals surface area contributed by atoms with Crippen LogP contribution in [0, 0.1) is 6.92 Å². The van der Waals surface area contributed by atoms with Gasteiger partial charge in [-0.05, 0) is 45.4 Å². The van der Waals surface area contributed by atoms with Gasteiger partial charge in [-0.1, -0.05) is 6.07 Å². The van der Waals surface area contributed by atoms with Crippen LogP contribution in [0.1, 0.15) is 36.7 Å². The van der Waals surface area contributed by atoms with E-state index in [1.807, 2.05) is 0 Å². The van der Waals surface area contributed by atoms with Gasteiger partial charge in [0.15, 0.2) is 0 Å². The van der Waals surface area contributed by atoms with Gasteiger partial charge in [-0.3, -0.25) is 0 Å². The van der Waals surface area contributed by atoms with E-state index >= 15 is 0 Å². The van der Waals surface area contributed by atoms with E-state index in [2.05, 4.69) is 9.46 Å². The molecule has 1 aromatic rings. The van der Waals surface area contributed by atoms with E-state index in [1.54, 1.807) is 33.8 Å². The summed E-state index contributed by atoms with van der Waals surface area (Å²) >= 11 is 0. The van der Waals surface area contributed by atoms with Crippen LogP contribution in [0.25, 0.3) is 0 Å². The normalized spacial score (nSPS) is 12.3. The molecular weight excluding hydrogens is 266 g/mol. The van der Waals surface area contributed by atoms with Crippen molar-refractivity contribution in [3.05, 3.63) is 29.3 Å². The van der Waals surface area contributed by atoms with Crippen molar-refractivity contribution in [3.8, 4) is 0 Å². The minimum absolute atomic E-state index is 0.0883. The van der Waals surface area contributed by atoms with Crippen molar-refractivity contribution in [3.63, 3.8) is 0 Å². The van der Waals surface area contributed by atoms with Crippen LogP contribution < -0.4 is 4.72 Å². The molecule has 0 amide bonds. The second kappa shape index (κ2) is 5.30. The average molecular weight is 285 g/mol. The predicted octanol–water partition coefficient (Wildman–Crippen LogP) is 1.86. The zero-order chi connectivity index (χ0) is 14.8. The van der Waals surface area contributed by atoms with Gasteiger partial charge in [0.1, 0.15) is 0 Å². The molecule has 0 aromatic heterocycles. The van der Waals surface area contributed by atoms with Gasteiger partial charge in [0, 0.05) is 5.54 Å². The molecule has 0 atom stereocenters. The summed E-state index contributed by atoms with van der Waals surface area (Å²) < 4.78 is 31.7. The fourth-order valence-corrected chi connectivity index (χ4v) is 3.28. The maximum atomic E-state index is 12.3. The van der Waals surface area contributed by atoms with E-state index in [0.29, 0.717) is 5.56 Å². The summed E-state index contributed by atoms with van der Waals surface area (Å²) in [6.45, 7) is 6.94. The Kier molecular flexibility index (Phi) is 4.37. The molecule has 1 rings (SSSR count). The van der Waals surface area contributed by atoms with E-state index in [1.165, 1.54) is 19.2 Å². The summed E-state index contributed by atoms with van der Waals surface area (Å²) in [4.78, 5) is 11.5. The summed E-state index contributed by atoms with van der Waals surface area (Å²) in [5, 5.41) is 0. The Hall–Kier alpha value is -1.40. The molecule has 1 aromatic carbocycles. The summed E-state index contributed by atoms with van der Waals surface area (Å²) in [6, 6.07) is 4.45. The number of methoxy groups -OCH3 is 1. The van der Waals surface area contributed by atoms with Crippen molar-refractivity contribution in [2.24, 2.45) is 0 Å². The highest BCUT2D eigenvalue weighted by Gasteiger charge is 2.24. The summed E-state index contributed by atoms with van der Waals surface area (Å²) in [5.41, 5.74) is 0.193. The molecule has 0 fully saturated rings. The van der Waals surface area contributed by atoms with Crippen molar-refractivity contribution < 1.29 is 17.9 Å². The average Bonchev–Trinajstić information content (AvgIpc) is 2.25. The highest BCUT2D eigenvalue weighted by Crippen LogP contribution is 2.19. The molecule has 106 valence electrons. The Morgan fingerprint density at radius 3 is 2.32 bits per heavy atom. The quantitative estimate of drug-likeness (QED) is 0.860. The zero-order valence-electron chi connectivity index (χ0n) is 11.8. The third-order valence-electron chi connectivity index (χ3n) is 2.34. The largest absolute Gasteiger partial charge is 0.465 e. The zero-order valence-corrected chi connectivity index (χ0v) is 12.6. The first-order valence-corrected chi connectivity index (χ1v) is 7.28. The standard InChI is InChI=1S/C13H19NO4S/c1-9-6-7-10(12(15)18-5)8-11(9)19(16,17)14-13(2,3)4/h6-8,14H,1-5H3. The lowest BCUT2D eigenvalue weighted by Crippen LogP contribution is -2.40. The lowest BCUT2D eigenvalue weighted by atomic mass is 10.1. The van der Waals surface area contributed by atoms with Crippen LogP contribution in [-0.4, -0.2) is 27.0 Å². The number of hydrogen-bond donors (Lipinski definition) is 1. The van der Waals surface area contributed by atoms with Gasteiger partial charge in [0.25, 0.3) is 0 Å². The summed E-state index contributed by atoms with van der Waals surface area (Å²) in [6.07, 6.45) is 0. The fraction of sp³-hybridized carbons (Fsp3) is 0.462. The summed E-state index contributed by atoms with van der Waals surface area (Å²) in [5.74, 6) is -0.563. The van der Waals surface area contributed by atoms with Crippen molar-refractivity contribution in [2.45, 2.75) is 38.1 Å². The number of benzene rings is 1. The number of esters is 1. The van der Waals surface area contributed by atoms with Crippen molar-refractivity contribution in [1.29, 1.82) is 0 Å². The lowest BCUT2D eigenvalue weighted by Gasteiger charge is -2.21. The number of hydrogen-bond acceptors (Lipinski definition) is 4. The molecule has 5 nitrogen and oxygen atoms in total. The Labute approximate surface area is 114 Å². The maximum Gasteiger partial charge on any atom is 0.337 e. The lowest BCUT2D eigenvalue weighted by molar-refractivity contribution is 0.0600. The number of carbonyl (C=O) groups is 1. The van der Waals surface area contributed by atoms with Gasteiger partial charge in [-0.15, -0.1) is 0 Å². The van der Waals surface area contributed by atoms with Crippen molar-refractivity contribution in [2.75, 3.05) is 7.11 Å². The van der Waals surface area contributed by atoms with Gasteiger partial charge in [-0.25, -0.2) is 17.9 Å². The molecule has 0 aliphatic carbocycles. The van der Waals surface area contributed by atoms with E-state index < -0.39 is 21.5 Å². The minimum atomic E-state index is -3.67. The number of rotatable bonds is 3. The Morgan fingerprint density at radius 2 is 1.84 bits per heavy atom. The highest BCUT2D eigenvalue weighted by atomic mass is 32.2. The molecule has 0 saturated carbocycles. The topological polar surface area (TPSA) is 72.5 Å². The molecule has 0 radical (unpaired) electrons. The predicted molar refractivity (Wildman–Crippen MR) is 72.6 cm³/mol. The van der Waals surface area contributed by atoms with Crippen LogP contribution >= 0.6 is 0 Å². The Balaban J connectivity index is 3.30. The van der Waals surface area contributed by atoms with Crippen LogP contribution in [0.2, 0.25) is 0 Å². The van der Waals surface area contributed by atoms with Crippen LogP contribution in [0.15, 0.2) is 23.1 Å². The highest BCUT2D eigenvalue weighted by molar-refractivity contribution is 7.89. The molecule has 0 heterocycles. The first-order chi connectivity index (χ1) is 8.57. The third kappa shape index (κ3) is 4.04. The number of sulfonamides is 1. The molecule has 6 heteroatoms. The SMILES string of the molecule is COC(=O)c1ccc(C)c(S(=O)(=O)NC(C)(C)C)c1. The van der Waals surface area contributed by atoms with E-state index in [9.17, 15) is 13.2 Å². The van der Waals surface area contributed by atoms with Crippen molar-refractivity contribution >= 4 is 16.0 Å². The molecule has 0 aliphatic rings. The molecule has 0 saturated heterocycles. The van der Waals surface area contributed by atoms with Crippen LogP contribution in [0.4, 0.5) is 0 Å². The Bertz CT molecular complexity index is 585. The van der Waals surface area contributed by atoms with Gasteiger partial charge in [0.05, 0.1) is 17.6 Å². The molecular formula is C13H19NO4S. The van der Waals surface area contributed by atoms with Gasteiger partial charge >= 0.3 is 5.97 Å². The van der Waals surface area contributed by atoms with Crippen LogP contribution in [0.3, 0.4) is 0 Å². The Morgan fingerprint density at radius 1 is 1.26 bits per heavy atom. The fourth-order valence-electron chi connectivity index (χ4n) is 1.59. The van der Waals surface area contributed by atoms with E-state index in [0.717, 1.165) is 0 Å². The second-order valence-corrected chi connectivity index (χ2v) is 6.98. The minimum Gasteiger partial charge on any atom is -0.465 e. The van der Waals surface area contributed by atoms with Gasteiger partial charge in [-0.2, -0.15) is 0 Å². The molecule has 19 heavy (non-hydrogen) atoms. The molecule has 0 unspecified atom stereocenters. The first kappa shape index (κ1) is 15.7. The molecule has 1 N–H and O–H groups in total. The van der Waals surface area contributed by atoms with Gasteiger partial charge < -0.3 is 4.74 Å². The first-order valence-electron chi connectivity index (χ1n) is 5.80. The van der Waals surface area contributed by atoms with Crippen LogP contribution in [0.5, 0.6) is 0 Å².